The summed E-state index contributed by atoms with van der Waals surface area (Å²) >= 11 is 0. The summed E-state index contributed by atoms with van der Waals surface area (Å²) in [6, 6.07) is 25.5. The molecule has 3 nitrogen and oxygen atoms in total. The molecule has 3 aromatic carbocycles. The molecule has 32 heavy (non-hydrogen) atoms. The zero-order chi connectivity index (χ0) is 21.9. The summed E-state index contributed by atoms with van der Waals surface area (Å²) in [5, 5.41) is 12.5. The second kappa shape index (κ2) is 9.64. The van der Waals surface area contributed by atoms with Crippen molar-refractivity contribution in [3.8, 4) is 0 Å². The van der Waals surface area contributed by atoms with Crippen molar-refractivity contribution in [1.82, 2.24) is 4.90 Å². The maximum atomic E-state index is 9.78. The van der Waals surface area contributed by atoms with E-state index in [1.165, 1.54) is 53.3 Å². The minimum Gasteiger partial charge on any atom is -0.392 e. The summed E-state index contributed by atoms with van der Waals surface area (Å²) < 4.78 is 0. The average molecular weight is 429 g/mol. The molecule has 2 aliphatic rings. The zero-order valence-electron chi connectivity index (χ0n) is 19.3. The lowest BCUT2D eigenvalue weighted by Crippen LogP contribution is -2.38. The third-order valence-corrected chi connectivity index (χ3v) is 7.61. The van der Waals surface area contributed by atoms with E-state index in [-0.39, 0.29) is 6.10 Å². The standard InChI is InChI=1S/C29H36N2O/c1-2-31(29-12-6-8-24-7-3-4-11-28(24)29)26-10-5-9-25(19-26)23-15-13-22(14-16-23)20-30-18-17-27(32)21-30/h3-4,6-8,11-16,25-27,32H,2,5,9-10,17-21H2,1H3. The Bertz CT molecular complexity index is 1030. The van der Waals surface area contributed by atoms with Crippen LogP contribution in [0.15, 0.2) is 66.7 Å². The van der Waals surface area contributed by atoms with Gasteiger partial charge in [-0.3, -0.25) is 4.90 Å². The smallest absolute Gasteiger partial charge is 0.0679 e. The molecule has 3 atom stereocenters. The topological polar surface area (TPSA) is 26.7 Å². The van der Waals surface area contributed by atoms with Gasteiger partial charge < -0.3 is 10.0 Å². The fourth-order valence-electron chi connectivity index (χ4n) is 5.94. The van der Waals surface area contributed by atoms with Crippen LogP contribution in [0.1, 0.15) is 56.1 Å². The van der Waals surface area contributed by atoms with Crippen LogP contribution >= 0.6 is 0 Å². The predicted molar refractivity (Wildman–Crippen MR) is 134 cm³/mol. The number of benzene rings is 3. The number of anilines is 1. The molecule has 2 fully saturated rings. The third-order valence-electron chi connectivity index (χ3n) is 7.61. The zero-order valence-corrected chi connectivity index (χ0v) is 19.3. The van der Waals surface area contributed by atoms with Crippen LogP contribution in [0.3, 0.4) is 0 Å². The lowest BCUT2D eigenvalue weighted by atomic mass is 9.80. The molecule has 1 N–H and O–H groups in total. The van der Waals surface area contributed by atoms with Crippen molar-refractivity contribution < 1.29 is 5.11 Å². The normalized spacial score (nSPS) is 24.1. The van der Waals surface area contributed by atoms with Crippen molar-refractivity contribution in [2.45, 2.75) is 63.6 Å². The van der Waals surface area contributed by atoms with Crippen LogP contribution in [0.4, 0.5) is 5.69 Å². The van der Waals surface area contributed by atoms with E-state index in [0.717, 1.165) is 32.6 Å². The first kappa shape index (κ1) is 21.5. The van der Waals surface area contributed by atoms with Gasteiger partial charge in [0.15, 0.2) is 0 Å². The van der Waals surface area contributed by atoms with E-state index in [2.05, 4.69) is 83.5 Å². The summed E-state index contributed by atoms with van der Waals surface area (Å²) in [5.74, 6) is 0.639. The number of hydrogen-bond donors (Lipinski definition) is 1. The Labute approximate surface area is 192 Å². The highest BCUT2D eigenvalue weighted by Crippen LogP contribution is 2.38. The van der Waals surface area contributed by atoms with Gasteiger partial charge >= 0.3 is 0 Å². The molecule has 168 valence electrons. The summed E-state index contributed by atoms with van der Waals surface area (Å²) in [6.07, 6.45) is 5.87. The van der Waals surface area contributed by atoms with Gasteiger partial charge in [-0.05, 0) is 61.1 Å². The quantitative estimate of drug-likeness (QED) is 0.525. The van der Waals surface area contributed by atoms with Gasteiger partial charge in [-0.2, -0.15) is 0 Å². The minimum absolute atomic E-state index is 0.142. The molecule has 1 saturated heterocycles. The van der Waals surface area contributed by atoms with Gasteiger partial charge in [0.05, 0.1) is 6.10 Å². The van der Waals surface area contributed by atoms with Crippen molar-refractivity contribution in [3.63, 3.8) is 0 Å². The summed E-state index contributed by atoms with van der Waals surface area (Å²) in [7, 11) is 0. The molecule has 0 aromatic heterocycles. The van der Waals surface area contributed by atoms with Gasteiger partial charge in [0.25, 0.3) is 0 Å². The SMILES string of the molecule is CCN(c1cccc2ccccc12)C1CCCC(c2ccc(CN3CCC(O)C3)cc2)C1. The fourth-order valence-corrected chi connectivity index (χ4v) is 5.94. The lowest BCUT2D eigenvalue weighted by molar-refractivity contribution is 0.175. The lowest BCUT2D eigenvalue weighted by Gasteiger charge is -2.39. The Morgan fingerprint density at radius 2 is 1.75 bits per heavy atom. The average Bonchev–Trinajstić information content (AvgIpc) is 3.25. The van der Waals surface area contributed by atoms with Crippen LogP contribution in [-0.2, 0) is 6.54 Å². The highest BCUT2D eigenvalue weighted by atomic mass is 16.3. The van der Waals surface area contributed by atoms with Crippen molar-refractivity contribution >= 4 is 16.5 Å². The van der Waals surface area contributed by atoms with Gasteiger partial charge in [0, 0.05) is 43.3 Å². The molecule has 1 aliphatic carbocycles. The summed E-state index contributed by atoms with van der Waals surface area (Å²) in [5.41, 5.74) is 4.24. The molecule has 0 spiro atoms. The van der Waals surface area contributed by atoms with E-state index < -0.39 is 0 Å². The molecule has 0 bridgehead atoms. The van der Waals surface area contributed by atoms with E-state index >= 15 is 0 Å². The Hall–Kier alpha value is -2.36. The molecule has 1 aliphatic heterocycles. The first-order chi connectivity index (χ1) is 15.7. The fraction of sp³-hybridized carbons (Fsp3) is 0.448. The van der Waals surface area contributed by atoms with Gasteiger partial charge in [0.1, 0.15) is 0 Å². The van der Waals surface area contributed by atoms with Gasteiger partial charge in [-0.1, -0.05) is 67.1 Å². The van der Waals surface area contributed by atoms with Crippen LogP contribution in [0.5, 0.6) is 0 Å². The Balaban J connectivity index is 1.30. The maximum Gasteiger partial charge on any atom is 0.0679 e. The monoisotopic (exact) mass is 428 g/mol. The van der Waals surface area contributed by atoms with E-state index in [1.807, 2.05) is 0 Å². The molecular formula is C29H36N2O. The van der Waals surface area contributed by atoms with Crippen molar-refractivity contribution in [3.05, 3.63) is 77.9 Å². The van der Waals surface area contributed by atoms with Crippen LogP contribution < -0.4 is 4.90 Å². The number of fused-ring (bicyclic) bond motifs is 1. The minimum atomic E-state index is -0.142. The number of hydrogen-bond acceptors (Lipinski definition) is 3. The van der Waals surface area contributed by atoms with Crippen LogP contribution in [-0.4, -0.2) is 41.8 Å². The van der Waals surface area contributed by atoms with Crippen molar-refractivity contribution in [1.29, 1.82) is 0 Å². The molecule has 3 aromatic rings. The van der Waals surface area contributed by atoms with Crippen LogP contribution in [0.25, 0.3) is 10.8 Å². The first-order valence-corrected chi connectivity index (χ1v) is 12.4. The van der Waals surface area contributed by atoms with Crippen LogP contribution in [0.2, 0.25) is 0 Å². The molecule has 3 heteroatoms. The highest BCUT2D eigenvalue weighted by Gasteiger charge is 2.28. The molecule has 0 radical (unpaired) electrons. The Morgan fingerprint density at radius 3 is 2.53 bits per heavy atom. The Kier molecular flexibility index (Phi) is 6.47. The summed E-state index contributed by atoms with van der Waals surface area (Å²) in [6.45, 7) is 6.12. The van der Waals surface area contributed by atoms with Crippen molar-refractivity contribution in [2.24, 2.45) is 0 Å². The number of β-amino-alcohol motifs (C(OH)–C–C–N with tert-alkyl or cyclic N) is 1. The number of nitrogens with zero attached hydrogens (tertiary/aromatic N) is 2. The summed E-state index contributed by atoms with van der Waals surface area (Å²) in [4.78, 5) is 5.02. The largest absolute Gasteiger partial charge is 0.392 e. The second-order valence-electron chi connectivity index (χ2n) is 9.72. The molecule has 3 unspecified atom stereocenters. The second-order valence-corrected chi connectivity index (χ2v) is 9.72. The molecular weight excluding hydrogens is 392 g/mol. The highest BCUT2D eigenvalue weighted by molar-refractivity contribution is 5.94. The Morgan fingerprint density at radius 1 is 0.938 bits per heavy atom. The maximum absolute atomic E-state index is 9.78. The number of aliphatic hydroxyl groups is 1. The molecule has 5 rings (SSSR count). The molecule has 0 amide bonds. The molecule has 1 saturated carbocycles. The number of aliphatic hydroxyl groups excluding tert-OH is 1. The third kappa shape index (κ3) is 4.55. The van der Waals surface area contributed by atoms with Gasteiger partial charge in [-0.25, -0.2) is 0 Å². The van der Waals surface area contributed by atoms with E-state index in [9.17, 15) is 5.11 Å². The van der Waals surface area contributed by atoms with Gasteiger partial charge in [-0.15, -0.1) is 0 Å². The van der Waals surface area contributed by atoms with Crippen LogP contribution in [0, 0.1) is 0 Å². The van der Waals surface area contributed by atoms with E-state index in [0.29, 0.717) is 12.0 Å². The van der Waals surface area contributed by atoms with E-state index in [4.69, 9.17) is 0 Å². The number of likely N-dealkylation sites (tertiary alicyclic amines) is 1. The first-order valence-electron chi connectivity index (χ1n) is 12.4. The van der Waals surface area contributed by atoms with Gasteiger partial charge in [0.2, 0.25) is 0 Å². The van der Waals surface area contributed by atoms with Crippen molar-refractivity contribution in [2.75, 3.05) is 24.5 Å². The molecule has 1 heterocycles. The van der Waals surface area contributed by atoms with E-state index in [1.54, 1.807) is 0 Å². The predicted octanol–water partition coefficient (Wildman–Crippen LogP) is 5.96. The number of rotatable bonds is 6.